The lowest BCUT2D eigenvalue weighted by atomic mass is 9.93. The largest absolute Gasteiger partial charge is 0.493 e. The monoisotopic (exact) mass is 461 g/mol. The van der Waals surface area contributed by atoms with E-state index in [1.807, 2.05) is 0 Å². The summed E-state index contributed by atoms with van der Waals surface area (Å²) in [5.74, 6) is 2.31. The third-order valence-corrected chi connectivity index (χ3v) is 6.88. The maximum absolute atomic E-state index is 6.15. The van der Waals surface area contributed by atoms with Crippen LogP contribution in [0.5, 0.6) is 5.75 Å². The Labute approximate surface area is 205 Å². The highest BCUT2D eigenvalue weighted by atomic mass is 16.7. The molecular weight excluding hydrogens is 422 g/mol. The van der Waals surface area contributed by atoms with Gasteiger partial charge in [0.1, 0.15) is 11.5 Å². The Morgan fingerprint density at radius 3 is 2.62 bits per heavy atom. The SMILES string of the molecule is COCOC1=C(C2=CCCCCC2)NC(Cc2c(C)cc(OCC3C=CC=CC3)cc2C)C=C1. The number of aryl methyl sites for hydroxylation is 2. The van der Waals surface area contributed by atoms with Crippen molar-refractivity contribution in [2.45, 2.75) is 64.8 Å². The molecule has 0 saturated heterocycles. The van der Waals surface area contributed by atoms with Crippen molar-refractivity contribution >= 4 is 0 Å². The maximum atomic E-state index is 6.15. The first-order valence-electron chi connectivity index (χ1n) is 12.7. The van der Waals surface area contributed by atoms with E-state index in [2.05, 4.69) is 73.8 Å². The summed E-state index contributed by atoms with van der Waals surface area (Å²) in [7, 11) is 1.66. The first-order valence-corrected chi connectivity index (χ1v) is 12.7. The minimum absolute atomic E-state index is 0.220. The van der Waals surface area contributed by atoms with Gasteiger partial charge in [0.2, 0.25) is 0 Å². The van der Waals surface area contributed by atoms with Crippen molar-refractivity contribution in [3.63, 3.8) is 0 Å². The third-order valence-electron chi connectivity index (χ3n) is 6.88. The minimum atomic E-state index is 0.220. The van der Waals surface area contributed by atoms with Crippen molar-refractivity contribution in [3.8, 4) is 5.75 Å². The number of rotatable bonds is 9. The van der Waals surface area contributed by atoms with Gasteiger partial charge in [-0.05, 0) is 92.8 Å². The molecule has 3 aliphatic rings. The zero-order valence-corrected chi connectivity index (χ0v) is 20.9. The zero-order chi connectivity index (χ0) is 23.8. The highest BCUT2D eigenvalue weighted by Gasteiger charge is 2.22. The molecule has 0 aromatic heterocycles. The number of dihydropyridines is 1. The number of methoxy groups -OCH3 is 1. The van der Waals surface area contributed by atoms with E-state index in [4.69, 9.17) is 14.2 Å². The second-order valence-corrected chi connectivity index (χ2v) is 9.59. The summed E-state index contributed by atoms with van der Waals surface area (Å²) in [5.41, 5.74) is 6.46. The van der Waals surface area contributed by atoms with Gasteiger partial charge >= 0.3 is 0 Å². The lowest BCUT2D eigenvalue weighted by Gasteiger charge is -2.28. The topological polar surface area (TPSA) is 39.7 Å². The van der Waals surface area contributed by atoms with Crippen molar-refractivity contribution in [3.05, 3.63) is 88.4 Å². The number of nitrogens with one attached hydrogen (secondary N) is 1. The van der Waals surface area contributed by atoms with Crippen molar-refractivity contribution in [2.75, 3.05) is 20.5 Å². The van der Waals surface area contributed by atoms with Crippen LogP contribution in [-0.4, -0.2) is 26.6 Å². The highest BCUT2D eigenvalue weighted by Crippen LogP contribution is 2.30. The molecule has 1 heterocycles. The van der Waals surface area contributed by atoms with Crippen LogP contribution in [0.15, 0.2) is 71.7 Å². The summed E-state index contributed by atoms with van der Waals surface area (Å²) >= 11 is 0. The molecule has 182 valence electrons. The van der Waals surface area contributed by atoms with E-state index in [-0.39, 0.29) is 12.8 Å². The maximum Gasteiger partial charge on any atom is 0.188 e. The average Bonchev–Trinajstić information content (AvgIpc) is 3.14. The lowest BCUT2D eigenvalue weighted by molar-refractivity contribution is 0.00818. The molecule has 4 rings (SSSR count). The van der Waals surface area contributed by atoms with Crippen LogP contribution in [0.3, 0.4) is 0 Å². The van der Waals surface area contributed by atoms with Gasteiger partial charge in [0, 0.05) is 19.1 Å². The van der Waals surface area contributed by atoms with E-state index in [0.717, 1.165) is 49.5 Å². The number of benzene rings is 1. The molecule has 0 fully saturated rings. The first kappa shape index (κ1) is 24.4. The van der Waals surface area contributed by atoms with E-state index in [1.54, 1.807) is 7.11 Å². The number of ether oxygens (including phenoxy) is 3. The average molecular weight is 462 g/mol. The summed E-state index contributed by atoms with van der Waals surface area (Å²) in [4.78, 5) is 0. The standard InChI is InChI=1S/C30H39NO3/c1-22-17-27(33-20-24-11-7-6-8-12-24)18-23(2)28(22)19-26-15-16-29(34-21-32-3)30(31-26)25-13-9-4-5-10-14-25/h6-8,11,13,15-18,24,26,31H,4-5,9-10,12,14,19-21H2,1-3H3. The van der Waals surface area contributed by atoms with Gasteiger partial charge in [0.05, 0.1) is 12.3 Å². The molecule has 0 spiro atoms. The highest BCUT2D eigenvalue weighted by molar-refractivity contribution is 5.44. The molecule has 1 N–H and O–H groups in total. The lowest BCUT2D eigenvalue weighted by Crippen LogP contribution is -2.33. The molecule has 1 aromatic rings. The summed E-state index contributed by atoms with van der Waals surface area (Å²) in [6.07, 6.45) is 23.4. The Balaban J connectivity index is 1.45. The van der Waals surface area contributed by atoms with Crippen LogP contribution in [0.1, 0.15) is 55.2 Å². The normalized spacial score (nSPS) is 22.3. The number of hydrogen-bond acceptors (Lipinski definition) is 4. The molecule has 0 saturated carbocycles. The van der Waals surface area contributed by atoms with Crippen LogP contribution in [0.2, 0.25) is 0 Å². The Hall–Kier alpha value is -2.72. The number of allylic oxidation sites excluding steroid dienone is 6. The minimum Gasteiger partial charge on any atom is -0.493 e. The van der Waals surface area contributed by atoms with E-state index in [9.17, 15) is 0 Å². The predicted molar refractivity (Wildman–Crippen MR) is 139 cm³/mol. The smallest absolute Gasteiger partial charge is 0.188 e. The first-order chi connectivity index (χ1) is 16.6. The molecule has 2 atom stereocenters. The van der Waals surface area contributed by atoms with Crippen LogP contribution in [0, 0.1) is 19.8 Å². The molecule has 4 nitrogen and oxygen atoms in total. The fourth-order valence-corrected chi connectivity index (χ4v) is 4.98. The van der Waals surface area contributed by atoms with Gasteiger partial charge in [-0.1, -0.05) is 42.9 Å². The van der Waals surface area contributed by atoms with Crippen molar-refractivity contribution in [1.29, 1.82) is 0 Å². The zero-order valence-electron chi connectivity index (χ0n) is 20.9. The Bertz CT molecular complexity index is 975. The second-order valence-electron chi connectivity index (χ2n) is 9.59. The molecule has 2 unspecified atom stereocenters. The van der Waals surface area contributed by atoms with Crippen LogP contribution in [0.25, 0.3) is 0 Å². The number of hydrogen-bond donors (Lipinski definition) is 1. The molecule has 0 bridgehead atoms. The van der Waals surface area contributed by atoms with Crippen LogP contribution in [0.4, 0.5) is 0 Å². The summed E-state index contributed by atoms with van der Waals surface area (Å²) in [5, 5.41) is 3.79. The molecule has 0 radical (unpaired) electrons. The van der Waals surface area contributed by atoms with E-state index in [1.165, 1.54) is 41.5 Å². The van der Waals surface area contributed by atoms with Crippen molar-refractivity contribution < 1.29 is 14.2 Å². The van der Waals surface area contributed by atoms with Gasteiger partial charge in [-0.15, -0.1) is 0 Å². The molecular formula is C30H39NO3. The molecule has 4 heteroatoms. The predicted octanol–water partition coefficient (Wildman–Crippen LogP) is 6.61. The van der Waals surface area contributed by atoms with Gasteiger partial charge < -0.3 is 19.5 Å². The van der Waals surface area contributed by atoms with Crippen LogP contribution >= 0.6 is 0 Å². The van der Waals surface area contributed by atoms with Gasteiger partial charge in [0.25, 0.3) is 0 Å². The molecule has 2 aliphatic carbocycles. The van der Waals surface area contributed by atoms with Crippen LogP contribution < -0.4 is 10.1 Å². The summed E-state index contributed by atoms with van der Waals surface area (Å²) in [6.45, 7) is 5.38. The van der Waals surface area contributed by atoms with Gasteiger partial charge in [-0.25, -0.2) is 0 Å². The van der Waals surface area contributed by atoms with Crippen molar-refractivity contribution in [2.24, 2.45) is 5.92 Å². The Kier molecular flexibility index (Phi) is 8.70. The Morgan fingerprint density at radius 1 is 1.00 bits per heavy atom. The van der Waals surface area contributed by atoms with Crippen molar-refractivity contribution in [1.82, 2.24) is 5.32 Å². The molecule has 1 aliphatic heterocycles. The molecule has 0 amide bonds. The summed E-state index contributed by atoms with van der Waals surface area (Å²) < 4.78 is 17.2. The van der Waals surface area contributed by atoms with Crippen LogP contribution in [-0.2, 0) is 15.9 Å². The van der Waals surface area contributed by atoms with Gasteiger partial charge in [-0.3, -0.25) is 0 Å². The Morgan fingerprint density at radius 2 is 1.85 bits per heavy atom. The van der Waals surface area contributed by atoms with E-state index < -0.39 is 0 Å². The fraction of sp³-hybridized carbons (Fsp3) is 0.467. The fourth-order valence-electron chi connectivity index (χ4n) is 4.98. The van der Waals surface area contributed by atoms with E-state index in [0.29, 0.717) is 5.92 Å². The van der Waals surface area contributed by atoms with E-state index >= 15 is 0 Å². The molecule has 1 aromatic carbocycles. The quantitative estimate of drug-likeness (QED) is 0.420. The summed E-state index contributed by atoms with van der Waals surface area (Å²) in [6, 6.07) is 4.60. The second kappa shape index (κ2) is 12.1. The van der Waals surface area contributed by atoms with Gasteiger partial charge in [-0.2, -0.15) is 0 Å². The van der Waals surface area contributed by atoms with Gasteiger partial charge in [0.15, 0.2) is 6.79 Å². The third kappa shape index (κ3) is 6.44. The molecule has 34 heavy (non-hydrogen) atoms.